The van der Waals surface area contributed by atoms with Crippen LogP contribution in [0.5, 0.6) is 0 Å². The first-order chi connectivity index (χ1) is 17.7. The topological polar surface area (TPSA) is 61.8 Å². The Morgan fingerprint density at radius 1 is 1.03 bits per heavy atom. The third-order valence-corrected chi connectivity index (χ3v) is 8.61. The molecule has 5 nitrogen and oxygen atoms in total. The van der Waals surface area contributed by atoms with E-state index in [4.69, 9.17) is 25.8 Å². The maximum absolute atomic E-state index is 13.3. The molecule has 2 heterocycles. The van der Waals surface area contributed by atoms with Crippen LogP contribution < -0.4 is 0 Å². The van der Waals surface area contributed by atoms with Gasteiger partial charge in [-0.3, -0.25) is 9.59 Å². The monoisotopic (exact) mass is 562 g/mol. The van der Waals surface area contributed by atoms with Gasteiger partial charge in [0, 0.05) is 41.0 Å². The Kier molecular flexibility index (Phi) is 8.95. The summed E-state index contributed by atoms with van der Waals surface area (Å²) in [7, 11) is 0. The van der Waals surface area contributed by atoms with Crippen LogP contribution in [0, 0.1) is 11.7 Å². The van der Waals surface area contributed by atoms with Gasteiger partial charge >= 0.3 is 11.9 Å². The summed E-state index contributed by atoms with van der Waals surface area (Å²) in [6.45, 7) is 4.60. The normalized spacial score (nSPS) is 23.5. The Morgan fingerprint density at radius 3 is 2.35 bits per heavy atom. The molecule has 196 valence electrons. The van der Waals surface area contributed by atoms with E-state index in [9.17, 15) is 14.0 Å². The van der Waals surface area contributed by atoms with E-state index in [1.807, 2.05) is 37.4 Å². The van der Waals surface area contributed by atoms with Crippen molar-refractivity contribution in [3.63, 3.8) is 0 Å². The molecule has 1 aliphatic heterocycles. The van der Waals surface area contributed by atoms with Gasteiger partial charge in [0.1, 0.15) is 17.4 Å². The Morgan fingerprint density at radius 2 is 1.70 bits per heavy atom. The fourth-order valence-corrected chi connectivity index (χ4v) is 6.49. The number of carbonyl (C=O) groups is 2. The number of hydrogen-bond acceptors (Lipinski definition) is 7. The molecule has 0 amide bonds. The molecular formula is C28H28ClFO5S2. The van der Waals surface area contributed by atoms with Crippen molar-refractivity contribution in [2.45, 2.75) is 50.9 Å². The second kappa shape index (κ2) is 12.0. The van der Waals surface area contributed by atoms with Crippen LogP contribution in [0.4, 0.5) is 4.39 Å². The summed E-state index contributed by atoms with van der Waals surface area (Å²) in [5, 5.41) is 0.639. The van der Waals surface area contributed by atoms with Gasteiger partial charge in [-0.15, -0.1) is 23.1 Å². The van der Waals surface area contributed by atoms with Crippen molar-refractivity contribution in [3.05, 3.63) is 81.4 Å². The summed E-state index contributed by atoms with van der Waals surface area (Å²) in [6.07, 6.45) is 0.706. The third kappa shape index (κ3) is 6.55. The molecular weight excluding hydrogens is 535 g/mol. The quantitative estimate of drug-likeness (QED) is 0.287. The van der Waals surface area contributed by atoms with Crippen LogP contribution >= 0.6 is 34.7 Å². The van der Waals surface area contributed by atoms with Crippen LogP contribution in [0.15, 0.2) is 54.6 Å². The van der Waals surface area contributed by atoms with Crippen molar-refractivity contribution in [2.24, 2.45) is 5.92 Å². The number of thiophene rings is 1. The lowest BCUT2D eigenvalue weighted by atomic mass is 9.86. The highest BCUT2D eigenvalue weighted by molar-refractivity contribution is 7.99. The highest BCUT2D eigenvalue weighted by atomic mass is 35.5. The smallest absolute Gasteiger partial charge is 0.303 e. The number of benzene rings is 2. The summed E-state index contributed by atoms with van der Waals surface area (Å²) in [4.78, 5) is 25.8. The molecule has 1 aliphatic rings. The predicted molar refractivity (Wildman–Crippen MR) is 145 cm³/mol. The standard InChI is InChI=1S/C28H28ClFO5S2/c1-15-25(35-28(36-4)27(34-17(3)32)26(15)33-16(2)31)19-7-11-23(29)20(13-19)14-22-10-12-24(37-22)18-5-8-21(30)9-6-18/h5-13,15,25-28H,14H2,1-4H3/t15-,25?,26+,27-,28+/m0/s1. The largest absolute Gasteiger partial charge is 0.458 e. The van der Waals surface area contributed by atoms with Crippen LogP contribution in [-0.4, -0.2) is 35.8 Å². The van der Waals surface area contributed by atoms with Crippen LogP contribution in [0.2, 0.25) is 5.02 Å². The number of ether oxygens (including phenoxy) is 3. The van der Waals surface area contributed by atoms with Gasteiger partial charge in [-0.05, 0) is 53.3 Å². The summed E-state index contributed by atoms with van der Waals surface area (Å²) >= 11 is 9.62. The first kappa shape index (κ1) is 27.6. The van der Waals surface area contributed by atoms with Crippen molar-refractivity contribution in [1.82, 2.24) is 0 Å². The number of rotatable bonds is 7. The molecule has 3 aromatic rings. The molecule has 0 aliphatic carbocycles. The summed E-state index contributed by atoms with van der Waals surface area (Å²) in [6, 6.07) is 16.3. The molecule has 1 fully saturated rings. The zero-order valence-electron chi connectivity index (χ0n) is 20.9. The number of hydrogen-bond donors (Lipinski definition) is 0. The van der Waals surface area contributed by atoms with Gasteiger partial charge in [-0.1, -0.05) is 42.8 Å². The number of halogens is 2. The lowest BCUT2D eigenvalue weighted by Crippen LogP contribution is -2.52. The SMILES string of the molecule is CS[C@H]1OC(c2ccc(Cl)c(Cc3ccc(-c4ccc(F)cc4)s3)c2)[C@H](C)[C@@H](OC(C)=O)[C@@H]1OC(C)=O. The molecule has 0 spiro atoms. The van der Waals surface area contributed by atoms with Gasteiger partial charge in [0.05, 0.1) is 6.10 Å². The van der Waals surface area contributed by atoms with E-state index in [1.165, 1.54) is 37.7 Å². The van der Waals surface area contributed by atoms with E-state index in [0.717, 1.165) is 26.4 Å². The fourth-order valence-electron chi connectivity index (χ4n) is 4.56. The Bertz CT molecular complexity index is 1260. The molecule has 0 radical (unpaired) electrons. The number of esters is 2. The van der Waals surface area contributed by atoms with Crippen molar-refractivity contribution in [1.29, 1.82) is 0 Å². The van der Waals surface area contributed by atoms with Gasteiger partial charge in [0.15, 0.2) is 6.10 Å². The molecule has 0 bridgehead atoms. The maximum atomic E-state index is 13.3. The predicted octanol–water partition coefficient (Wildman–Crippen LogP) is 7.06. The van der Waals surface area contributed by atoms with Crippen LogP contribution in [0.25, 0.3) is 10.4 Å². The van der Waals surface area contributed by atoms with Crippen molar-refractivity contribution in [2.75, 3.05) is 6.26 Å². The first-order valence-electron chi connectivity index (χ1n) is 11.8. The Labute approximate surface area is 229 Å². The lowest BCUT2D eigenvalue weighted by Gasteiger charge is -2.44. The minimum Gasteiger partial charge on any atom is -0.458 e. The second-order valence-corrected chi connectivity index (χ2v) is 11.5. The number of carbonyl (C=O) groups excluding carboxylic acids is 2. The maximum Gasteiger partial charge on any atom is 0.303 e. The molecule has 1 saturated heterocycles. The molecule has 2 aromatic carbocycles. The molecule has 1 unspecified atom stereocenters. The van der Waals surface area contributed by atoms with Gasteiger partial charge < -0.3 is 14.2 Å². The van der Waals surface area contributed by atoms with E-state index in [1.54, 1.807) is 23.5 Å². The van der Waals surface area contributed by atoms with E-state index < -0.39 is 35.7 Å². The molecule has 0 saturated carbocycles. The molecule has 0 N–H and O–H groups in total. The van der Waals surface area contributed by atoms with Gasteiger partial charge in [-0.25, -0.2) is 4.39 Å². The van der Waals surface area contributed by atoms with E-state index in [-0.39, 0.29) is 11.7 Å². The number of thioether (sulfide) groups is 1. The first-order valence-corrected chi connectivity index (χ1v) is 14.3. The van der Waals surface area contributed by atoms with Gasteiger partial charge in [0.25, 0.3) is 0 Å². The third-order valence-electron chi connectivity index (χ3n) is 6.26. The highest BCUT2D eigenvalue weighted by Crippen LogP contribution is 2.43. The lowest BCUT2D eigenvalue weighted by molar-refractivity contribution is -0.208. The minimum atomic E-state index is -0.717. The van der Waals surface area contributed by atoms with E-state index >= 15 is 0 Å². The zero-order chi connectivity index (χ0) is 26.7. The average molecular weight is 563 g/mol. The Hall–Kier alpha value is -2.39. The second-order valence-electron chi connectivity index (χ2n) is 8.97. The Balaban J connectivity index is 1.60. The molecule has 37 heavy (non-hydrogen) atoms. The van der Waals surface area contributed by atoms with Crippen molar-refractivity contribution < 1.29 is 28.2 Å². The van der Waals surface area contributed by atoms with Crippen LogP contribution in [0.1, 0.15) is 42.9 Å². The molecule has 9 heteroatoms. The van der Waals surface area contributed by atoms with Gasteiger partial charge in [-0.2, -0.15) is 0 Å². The molecule has 5 atom stereocenters. The summed E-state index contributed by atoms with van der Waals surface area (Å²) in [5.74, 6) is -1.44. The fraction of sp³-hybridized carbons (Fsp3) is 0.357. The highest BCUT2D eigenvalue weighted by Gasteiger charge is 2.48. The zero-order valence-corrected chi connectivity index (χ0v) is 23.3. The summed E-state index contributed by atoms with van der Waals surface area (Å²) < 4.78 is 30.9. The van der Waals surface area contributed by atoms with Crippen LogP contribution in [0.3, 0.4) is 0 Å². The van der Waals surface area contributed by atoms with Crippen LogP contribution in [-0.2, 0) is 30.2 Å². The molecule has 1 aromatic heterocycles. The van der Waals surface area contributed by atoms with Crippen molar-refractivity contribution >= 4 is 46.6 Å². The summed E-state index contributed by atoms with van der Waals surface area (Å²) in [5.41, 5.74) is 2.29. The van der Waals surface area contributed by atoms with Gasteiger partial charge in [0.2, 0.25) is 0 Å². The van der Waals surface area contributed by atoms with Crippen molar-refractivity contribution in [3.8, 4) is 10.4 Å². The average Bonchev–Trinajstić information content (AvgIpc) is 3.31. The minimum absolute atomic E-state index is 0.262. The van der Waals surface area contributed by atoms with E-state index in [2.05, 4.69) is 6.07 Å². The molecule has 4 rings (SSSR count). The van der Waals surface area contributed by atoms with E-state index in [0.29, 0.717) is 11.4 Å².